The summed E-state index contributed by atoms with van der Waals surface area (Å²) in [6, 6.07) is 13.4. The number of benzene rings is 2. The van der Waals surface area contributed by atoms with Crippen molar-refractivity contribution in [3.8, 4) is 11.5 Å². The van der Waals surface area contributed by atoms with Gasteiger partial charge in [0, 0.05) is 6.54 Å². The van der Waals surface area contributed by atoms with Crippen LogP contribution in [0.3, 0.4) is 0 Å². The highest BCUT2D eigenvalue weighted by Gasteiger charge is 2.31. The third kappa shape index (κ3) is 2.80. The minimum Gasteiger partial charge on any atom is -0.454 e. The van der Waals surface area contributed by atoms with E-state index in [1.807, 2.05) is 36.4 Å². The summed E-state index contributed by atoms with van der Waals surface area (Å²) < 4.78 is 38.4. The van der Waals surface area contributed by atoms with Crippen LogP contribution >= 0.6 is 0 Å². The van der Waals surface area contributed by atoms with Crippen LogP contribution in [0.15, 0.2) is 42.5 Å². The number of nitrogens with one attached hydrogen (secondary N) is 1. The zero-order valence-corrected chi connectivity index (χ0v) is 13.3. The molecule has 0 spiro atoms. The standard InChI is InChI=1S/C17H17NO4S/c19-23(20,15-8-13-3-1-2-4-14(13)9-15)18-10-12-5-6-16-17(7-12)22-11-21-16/h1-7,15,18H,8-11H2. The van der Waals surface area contributed by atoms with Gasteiger partial charge in [-0.3, -0.25) is 0 Å². The second-order valence-electron chi connectivity index (χ2n) is 5.85. The van der Waals surface area contributed by atoms with Gasteiger partial charge in [0.1, 0.15) is 0 Å². The highest BCUT2D eigenvalue weighted by molar-refractivity contribution is 7.90. The van der Waals surface area contributed by atoms with E-state index in [0.29, 0.717) is 24.3 Å². The van der Waals surface area contributed by atoms with Gasteiger partial charge in [-0.1, -0.05) is 30.3 Å². The lowest BCUT2D eigenvalue weighted by Crippen LogP contribution is -2.34. The van der Waals surface area contributed by atoms with Crippen LogP contribution in [0.5, 0.6) is 11.5 Å². The maximum Gasteiger partial charge on any atom is 0.231 e. The fraction of sp³-hybridized carbons (Fsp3) is 0.294. The molecular weight excluding hydrogens is 314 g/mol. The smallest absolute Gasteiger partial charge is 0.231 e. The molecule has 2 aromatic rings. The van der Waals surface area contributed by atoms with Gasteiger partial charge in [-0.2, -0.15) is 0 Å². The van der Waals surface area contributed by atoms with Crippen molar-refractivity contribution in [2.24, 2.45) is 0 Å². The first-order chi connectivity index (χ1) is 11.1. The first-order valence-electron chi connectivity index (χ1n) is 7.55. The molecule has 0 saturated carbocycles. The summed E-state index contributed by atoms with van der Waals surface area (Å²) in [5.41, 5.74) is 3.12. The molecule has 0 fully saturated rings. The van der Waals surface area contributed by atoms with Gasteiger partial charge in [0.05, 0.1) is 5.25 Å². The molecule has 1 aliphatic carbocycles. The predicted octanol–water partition coefficient (Wildman–Crippen LogP) is 2.00. The Balaban J connectivity index is 1.44. The first kappa shape index (κ1) is 14.5. The Morgan fingerprint density at radius 2 is 1.70 bits per heavy atom. The van der Waals surface area contributed by atoms with E-state index in [0.717, 1.165) is 16.7 Å². The highest BCUT2D eigenvalue weighted by Crippen LogP contribution is 2.32. The average molecular weight is 331 g/mol. The van der Waals surface area contributed by atoms with E-state index in [2.05, 4.69) is 4.72 Å². The molecule has 6 heteroatoms. The third-order valence-corrected chi connectivity index (χ3v) is 6.12. The molecule has 1 heterocycles. The summed E-state index contributed by atoms with van der Waals surface area (Å²) in [4.78, 5) is 0. The van der Waals surface area contributed by atoms with Gasteiger partial charge in [-0.15, -0.1) is 0 Å². The van der Waals surface area contributed by atoms with Gasteiger partial charge in [0.2, 0.25) is 16.8 Å². The molecule has 0 aromatic heterocycles. The number of fused-ring (bicyclic) bond motifs is 2. The fourth-order valence-electron chi connectivity index (χ4n) is 3.09. The minimum atomic E-state index is -3.36. The Morgan fingerprint density at radius 3 is 2.43 bits per heavy atom. The van der Waals surface area contributed by atoms with Crippen LogP contribution in [0.4, 0.5) is 0 Å². The normalized spacial score (nSPS) is 16.5. The summed E-state index contributed by atoms with van der Waals surface area (Å²) in [7, 11) is -3.36. The first-order valence-corrected chi connectivity index (χ1v) is 9.10. The summed E-state index contributed by atoms with van der Waals surface area (Å²) in [5, 5.41) is -0.395. The lowest BCUT2D eigenvalue weighted by atomic mass is 10.1. The van der Waals surface area contributed by atoms with Crippen molar-refractivity contribution in [2.45, 2.75) is 24.6 Å². The van der Waals surface area contributed by atoms with Crippen molar-refractivity contribution in [3.63, 3.8) is 0 Å². The maximum absolute atomic E-state index is 12.5. The number of hydrogen-bond acceptors (Lipinski definition) is 4. The zero-order chi connectivity index (χ0) is 15.9. The minimum absolute atomic E-state index is 0.213. The van der Waals surface area contributed by atoms with Crippen molar-refractivity contribution in [1.29, 1.82) is 0 Å². The van der Waals surface area contributed by atoms with E-state index in [4.69, 9.17) is 9.47 Å². The molecule has 1 N–H and O–H groups in total. The van der Waals surface area contributed by atoms with Gasteiger partial charge < -0.3 is 9.47 Å². The van der Waals surface area contributed by atoms with E-state index >= 15 is 0 Å². The highest BCUT2D eigenvalue weighted by atomic mass is 32.2. The lowest BCUT2D eigenvalue weighted by Gasteiger charge is -2.12. The van der Waals surface area contributed by atoms with Crippen LogP contribution in [-0.2, 0) is 29.4 Å². The van der Waals surface area contributed by atoms with Crippen LogP contribution < -0.4 is 14.2 Å². The number of sulfonamides is 1. The third-order valence-electron chi connectivity index (χ3n) is 4.37. The van der Waals surface area contributed by atoms with Gasteiger partial charge in [0.25, 0.3) is 0 Å². The molecule has 2 aromatic carbocycles. The Labute approximate surface area is 135 Å². The lowest BCUT2D eigenvalue weighted by molar-refractivity contribution is 0.174. The van der Waals surface area contributed by atoms with Gasteiger partial charge >= 0.3 is 0 Å². The summed E-state index contributed by atoms with van der Waals surface area (Å²) in [6.45, 7) is 0.469. The van der Waals surface area contributed by atoms with Crippen molar-refractivity contribution < 1.29 is 17.9 Å². The van der Waals surface area contributed by atoms with E-state index < -0.39 is 15.3 Å². The van der Waals surface area contributed by atoms with Crippen molar-refractivity contribution in [2.75, 3.05) is 6.79 Å². The summed E-state index contributed by atoms with van der Waals surface area (Å²) >= 11 is 0. The van der Waals surface area contributed by atoms with Crippen LogP contribution in [0.1, 0.15) is 16.7 Å². The Hall–Kier alpha value is -2.05. The average Bonchev–Trinajstić information content (AvgIpc) is 3.19. The van der Waals surface area contributed by atoms with Crippen LogP contribution in [0.2, 0.25) is 0 Å². The van der Waals surface area contributed by atoms with Gasteiger partial charge in [-0.25, -0.2) is 13.1 Å². The topological polar surface area (TPSA) is 64.6 Å². The number of rotatable bonds is 4. The van der Waals surface area contributed by atoms with Crippen LogP contribution in [0.25, 0.3) is 0 Å². The molecule has 4 rings (SSSR count). The molecule has 0 unspecified atom stereocenters. The monoisotopic (exact) mass is 331 g/mol. The molecule has 2 aliphatic rings. The predicted molar refractivity (Wildman–Crippen MR) is 86.0 cm³/mol. The SMILES string of the molecule is O=S(=O)(NCc1ccc2c(c1)OCO2)C1Cc2ccccc2C1. The van der Waals surface area contributed by atoms with E-state index in [-0.39, 0.29) is 13.3 Å². The molecule has 0 saturated heterocycles. The van der Waals surface area contributed by atoms with Gasteiger partial charge in [0.15, 0.2) is 11.5 Å². The molecular formula is C17H17NO4S. The second-order valence-corrected chi connectivity index (χ2v) is 7.90. The van der Waals surface area contributed by atoms with E-state index in [9.17, 15) is 8.42 Å². The fourth-order valence-corrected chi connectivity index (χ4v) is 4.49. The maximum atomic E-state index is 12.5. The van der Waals surface area contributed by atoms with E-state index in [1.165, 1.54) is 0 Å². The number of hydrogen-bond donors (Lipinski definition) is 1. The molecule has 1 aliphatic heterocycles. The molecule has 0 amide bonds. The molecule has 0 atom stereocenters. The Bertz CT molecular complexity index is 822. The second kappa shape index (κ2) is 5.54. The largest absolute Gasteiger partial charge is 0.454 e. The van der Waals surface area contributed by atoms with Crippen molar-refractivity contribution in [3.05, 3.63) is 59.2 Å². The molecule has 0 radical (unpaired) electrons. The Kier molecular flexibility index (Phi) is 3.50. The Morgan fingerprint density at radius 1 is 1.00 bits per heavy atom. The molecule has 5 nitrogen and oxygen atoms in total. The van der Waals surface area contributed by atoms with E-state index in [1.54, 1.807) is 6.07 Å². The van der Waals surface area contributed by atoms with Crippen molar-refractivity contribution in [1.82, 2.24) is 4.72 Å². The quantitative estimate of drug-likeness (QED) is 0.931. The zero-order valence-electron chi connectivity index (χ0n) is 12.5. The van der Waals surface area contributed by atoms with Crippen LogP contribution in [-0.4, -0.2) is 20.5 Å². The van der Waals surface area contributed by atoms with Crippen LogP contribution in [0, 0.1) is 0 Å². The molecule has 23 heavy (non-hydrogen) atoms. The molecule has 0 bridgehead atoms. The summed E-state index contributed by atoms with van der Waals surface area (Å²) in [5.74, 6) is 1.36. The van der Waals surface area contributed by atoms with Gasteiger partial charge in [-0.05, 0) is 41.7 Å². The number of ether oxygens (including phenoxy) is 2. The summed E-state index contributed by atoms with van der Waals surface area (Å²) in [6.07, 6.45) is 1.15. The molecule has 120 valence electrons. The van der Waals surface area contributed by atoms with Crippen molar-refractivity contribution >= 4 is 10.0 Å².